The van der Waals surface area contributed by atoms with Crippen LogP contribution >= 0.6 is 11.6 Å². The molecule has 2 atom stereocenters. The molecule has 1 aliphatic rings. The van der Waals surface area contributed by atoms with Crippen molar-refractivity contribution in [2.75, 3.05) is 0 Å². The minimum Gasteiger partial charge on any atom is -0.485 e. The van der Waals surface area contributed by atoms with E-state index >= 15 is 0 Å². The topological polar surface area (TPSA) is 35.2 Å². The van der Waals surface area contributed by atoms with Crippen LogP contribution in [0.5, 0.6) is 5.75 Å². The Morgan fingerprint density at radius 1 is 1.10 bits per heavy atom. The van der Waals surface area contributed by atoms with E-state index < -0.39 is 0 Å². The fourth-order valence-electron chi connectivity index (χ4n) is 3.35. The molecule has 110 valence electrons. The largest absolute Gasteiger partial charge is 0.485 e. The second kappa shape index (κ2) is 5.36. The van der Waals surface area contributed by atoms with Crippen molar-refractivity contribution < 1.29 is 4.74 Å². The Hall–Kier alpha value is -1.51. The van der Waals surface area contributed by atoms with Gasteiger partial charge in [-0.15, -0.1) is 0 Å². The van der Waals surface area contributed by atoms with Crippen molar-refractivity contribution in [2.24, 2.45) is 5.73 Å². The highest BCUT2D eigenvalue weighted by Gasteiger charge is 2.29. The van der Waals surface area contributed by atoms with Gasteiger partial charge in [0.2, 0.25) is 0 Å². The monoisotopic (exact) mass is 301 g/mol. The smallest absolute Gasteiger partial charge is 0.126 e. The van der Waals surface area contributed by atoms with Gasteiger partial charge in [0.1, 0.15) is 11.9 Å². The van der Waals surface area contributed by atoms with Gasteiger partial charge in [-0.2, -0.15) is 0 Å². The Labute approximate surface area is 130 Å². The van der Waals surface area contributed by atoms with Gasteiger partial charge < -0.3 is 10.5 Å². The van der Waals surface area contributed by atoms with Crippen LogP contribution in [0.25, 0.3) is 0 Å². The molecular weight excluding hydrogens is 282 g/mol. The molecule has 2 N–H and O–H groups in total. The molecule has 0 spiro atoms. The van der Waals surface area contributed by atoms with E-state index in [4.69, 9.17) is 22.1 Å². The third-order valence-electron chi connectivity index (χ3n) is 4.17. The van der Waals surface area contributed by atoms with E-state index in [-0.39, 0.29) is 12.1 Å². The molecular formula is C18H20ClNO. The zero-order valence-corrected chi connectivity index (χ0v) is 13.4. The van der Waals surface area contributed by atoms with Crippen molar-refractivity contribution in [2.45, 2.75) is 39.3 Å². The van der Waals surface area contributed by atoms with E-state index in [1.807, 2.05) is 18.2 Å². The van der Waals surface area contributed by atoms with Gasteiger partial charge in [0, 0.05) is 23.0 Å². The van der Waals surface area contributed by atoms with Crippen LogP contribution in [-0.4, -0.2) is 0 Å². The van der Waals surface area contributed by atoms with Crippen LogP contribution in [0, 0.1) is 20.8 Å². The van der Waals surface area contributed by atoms with Gasteiger partial charge >= 0.3 is 0 Å². The summed E-state index contributed by atoms with van der Waals surface area (Å²) >= 11 is 6.05. The fourth-order valence-corrected chi connectivity index (χ4v) is 3.53. The second-order valence-corrected chi connectivity index (χ2v) is 6.38. The minimum absolute atomic E-state index is 0.00859. The SMILES string of the molecule is Cc1cc(C)c(C2C[C@H](N)c3cc(Cl)ccc3O2)c(C)c1. The van der Waals surface area contributed by atoms with E-state index in [0.29, 0.717) is 5.02 Å². The average Bonchev–Trinajstić information content (AvgIpc) is 2.38. The summed E-state index contributed by atoms with van der Waals surface area (Å²) in [4.78, 5) is 0. The zero-order valence-electron chi connectivity index (χ0n) is 12.6. The molecule has 2 aromatic carbocycles. The van der Waals surface area contributed by atoms with Gasteiger partial charge in [-0.25, -0.2) is 0 Å². The lowest BCUT2D eigenvalue weighted by Crippen LogP contribution is -2.25. The molecule has 0 saturated carbocycles. The van der Waals surface area contributed by atoms with Crippen LogP contribution in [0.3, 0.4) is 0 Å². The maximum atomic E-state index is 6.33. The molecule has 0 aliphatic carbocycles. The Morgan fingerprint density at radius 3 is 2.43 bits per heavy atom. The number of nitrogens with two attached hydrogens (primary N) is 1. The summed E-state index contributed by atoms with van der Waals surface area (Å²) in [5, 5.41) is 0.703. The Balaban J connectivity index is 2.02. The molecule has 21 heavy (non-hydrogen) atoms. The highest BCUT2D eigenvalue weighted by molar-refractivity contribution is 6.30. The Bertz CT molecular complexity index is 673. The molecule has 1 heterocycles. The standard InChI is InChI=1S/C18H20ClNO/c1-10-6-11(2)18(12(3)7-10)17-9-15(20)14-8-13(19)4-5-16(14)21-17/h4-8,15,17H,9,20H2,1-3H3/t15-,17?/m0/s1. The number of rotatable bonds is 1. The number of hydrogen-bond acceptors (Lipinski definition) is 2. The number of halogens is 1. The van der Waals surface area contributed by atoms with Crippen molar-refractivity contribution >= 4 is 11.6 Å². The lowest BCUT2D eigenvalue weighted by atomic mass is 9.88. The van der Waals surface area contributed by atoms with Gasteiger partial charge in [0.05, 0.1) is 0 Å². The number of aryl methyl sites for hydroxylation is 3. The molecule has 0 bridgehead atoms. The maximum Gasteiger partial charge on any atom is 0.126 e. The van der Waals surface area contributed by atoms with Crippen LogP contribution in [0.1, 0.15) is 46.4 Å². The Kier molecular flexibility index (Phi) is 3.68. The summed E-state index contributed by atoms with van der Waals surface area (Å²) in [7, 11) is 0. The fraction of sp³-hybridized carbons (Fsp3) is 0.333. The van der Waals surface area contributed by atoms with Crippen molar-refractivity contribution in [1.82, 2.24) is 0 Å². The molecule has 2 nitrogen and oxygen atoms in total. The summed E-state index contributed by atoms with van der Waals surface area (Å²) in [5.74, 6) is 0.850. The predicted molar refractivity (Wildman–Crippen MR) is 87.0 cm³/mol. The zero-order chi connectivity index (χ0) is 15.1. The number of ether oxygens (including phenoxy) is 1. The number of benzene rings is 2. The lowest BCUT2D eigenvalue weighted by Gasteiger charge is -2.32. The van der Waals surface area contributed by atoms with Crippen LogP contribution in [-0.2, 0) is 0 Å². The third-order valence-corrected chi connectivity index (χ3v) is 4.40. The first-order chi connectivity index (χ1) is 9.95. The molecule has 0 aromatic heterocycles. The molecule has 0 amide bonds. The summed E-state index contributed by atoms with van der Waals surface area (Å²) in [6.07, 6.45) is 0.784. The average molecular weight is 302 g/mol. The van der Waals surface area contributed by atoms with Gasteiger partial charge in [-0.3, -0.25) is 0 Å². The first-order valence-electron chi connectivity index (χ1n) is 7.25. The van der Waals surface area contributed by atoms with E-state index in [9.17, 15) is 0 Å². The molecule has 0 fully saturated rings. The van der Waals surface area contributed by atoms with Gasteiger partial charge in [-0.1, -0.05) is 29.3 Å². The molecule has 0 radical (unpaired) electrons. The molecule has 1 unspecified atom stereocenters. The van der Waals surface area contributed by atoms with E-state index in [2.05, 4.69) is 32.9 Å². The van der Waals surface area contributed by atoms with Crippen molar-refractivity contribution in [1.29, 1.82) is 0 Å². The maximum absolute atomic E-state index is 6.33. The van der Waals surface area contributed by atoms with Crippen molar-refractivity contribution in [3.8, 4) is 5.75 Å². The molecule has 1 aliphatic heterocycles. The summed E-state index contributed by atoms with van der Waals surface area (Å²) < 4.78 is 6.21. The Morgan fingerprint density at radius 2 is 1.76 bits per heavy atom. The van der Waals surface area contributed by atoms with Crippen LogP contribution in [0.4, 0.5) is 0 Å². The predicted octanol–water partition coefficient (Wildman–Crippen LogP) is 4.79. The molecule has 3 heteroatoms. The lowest BCUT2D eigenvalue weighted by molar-refractivity contribution is 0.160. The van der Waals surface area contributed by atoms with E-state index in [1.54, 1.807) is 0 Å². The molecule has 3 rings (SSSR count). The van der Waals surface area contributed by atoms with E-state index in [0.717, 1.165) is 17.7 Å². The van der Waals surface area contributed by atoms with Gasteiger partial charge in [0.25, 0.3) is 0 Å². The molecule has 2 aromatic rings. The number of fused-ring (bicyclic) bond motifs is 1. The summed E-state index contributed by atoms with van der Waals surface area (Å²) in [6, 6.07) is 10.0. The highest BCUT2D eigenvalue weighted by Crippen LogP contribution is 2.42. The third kappa shape index (κ3) is 2.66. The van der Waals surface area contributed by atoms with Crippen molar-refractivity contribution in [3.05, 3.63) is 63.2 Å². The van der Waals surface area contributed by atoms with E-state index in [1.165, 1.54) is 22.3 Å². The summed E-state index contributed by atoms with van der Waals surface area (Å²) in [5.41, 5.74) is 12.4. The highest BCUT2D eigenvalue weighted by atomic mass is 35.5. The van der Waals surface area contributed by atoms with Crippen molar-refractivity contribution in [3.63, 3.8) is 0 Å². The van der Waals surface area contributed by atoms with Crippen LogP contribution in [0.15, 0.2) is 30.3 Å². The summed E-state index contributed by atoms with van der Waals surface area (Å²) in [6.45, 7) is 6.40. The minimum atomic E-state index is -0.0439. The molecule has 0 saturated heterocycles. The van der Waals surface area contributed by atoms with Gasteiger partial charge in [0.15, 0.2) is 0 Å². The first-order valence-corrected chi connectivity index (χ1v) is 7.63. The van der Waals surface area contributed by atoms with Crippen LogP contribution in [0.2, 0.25) is 5.02 Å². The quantitative estimate of drug-likeness (QED) is 0.822. The first kappa shape index (κ1) is 14.4. The second-order valence-electron chi connectivity index (χ2n) is 5.94. The van der Waals surface area contributed by atoms with Gasteiger partial charge in [-0.05, 0) is 55.7 Å². The van der Waals surface area contributed by atoms with Crippen LogP contribution < -0.4 is 10.5 Å². The number of hydrogen-bond donors (Lipinski definition) is 1. The normalized spacial score (nSPS) is 20.8.